The number of rotatable bonds is 3. The van der Waals surface area contributed by atoms with Crippen LogP contribution in [-0.2, 0) is 11.3 Å². The van der Waals surface area contributed by atoms with E-state index < -0.39 is 0 Å². The molecule has 19 heavy (non-hydrogen) atoms. The van der Waals surface area contributed by atoms with E-state index in [-0.39, 0.29) is 0 Å². The lowest BCUT2D eigenvalue weighted by Crippen LogP contribution is -2.35. The van der Waals surface area contributed by atoms with Gasteiger partial charge in [-0.3, -0.25) is 14.9 Å². The molecule has 1 saturated heterocycles. The summed E-state index contributed by atoms with van der Waals surface area (Å²) in [5, 5.41) is 0. The van der Waals surface area contributed by atoms with E-state index in [4.69, 9.17) is 4.74 Å². The third kappa shape index (κ3) is 3.16. The Morgan fingerprint density at radius 1 is 1.16 bits per heavy atom. The van der Waals surface area contributed by atoms with Crippen molar-refractivity contribution in [3.63, 3.8) is 0 Å². The van der Waals surface area contributed by atoms with Crippen molar-refractivity contribution >= 4 is 0 Å². The molecule has 3 rings (SSSR count). The molecule has 1 aromatic carbocycles. The maximum atomic E-state index is 5.37. The Kier molecular flexibility index (Phi) is 3.81. The summed E-state index contributed by atoms with van der Waals surface area (Å²) in [5.74, 6) is 0. The molecule has 2 aromatic rings. The molecule has 0 atom stereocenters. The van der Waals surface area contributed by atoms with E-state index in [0.29, 0.717) is 0 Å². The van der Waals surface area contributed by atoms with Gasteiger partial charge in [-0.05, 0) is 11.6 Å². The Morgan fingerprint density at radius 3 is 2.84 bits per heavy atom. The van der Waals surface area contributed by atoms with Crippen molar-refractivity contribution in [1.29, 1.82) is 0 Å². The minimum atomic E-state index is 0.837. The van der Waals surface area contributed by atoms with Gasteiger partial charge >= 0.3 is 0 Å². The Balaban J connectivity index is 1.76. The first kappa shape index (κ1) is 12.3. The van der Waals surface area contributed by atoms with Crippen molar-refractivity contribution in [2.24, 2.45) is 0 Å². The van der Waals surface area contributed by atoms with Crippen molar-refractivity contribution in [3.05, 3.63) is 48.4 Å². The van der Waals surface area contributed by atoms with Crippen LogP contribution in [0.5, 0.6) is 0 Å². The van der Waals surface area contributed by atoms with Gasteiger partial charge in [-0.25, -0.2) is 0 Å². The first-order valence-corrected chi connectivity index (χ1v) is 6.57. The second-order valence-corrected chi connectivity index (χ2v) is 4.68. The Labute approximate surface area is 113 Å². The average Bonchev–Trinajstić information content (AvgIpc) is 2.49. The molecule has 1 aliphatic heterocycles. The zero-order valence-corrected chi connectivity index (χ0v) is 10.8. The highest BCUT2D eigenvalue weighted by molar-refractivity contribution is 5.58. The van der Waals surface area contributed by atoms with Crippen LogP contribution in [0.1, 0.15) is 5.56 Å². The van der Waals surface area contributed by atoms with Crippen LogP contribution in [0.15, 0.2) is 42.9 Å². The second-order valence-electron chi connectivity index (χ2n) is 4.68. The van der Waals surface area contributed by atoms with E-state index in [1.165, 1.54) is 5.56 Å². The molecule has 0 saturated carbocycles. The fourth-order valence-electron chi connectivity index (χ4n) is 2.29. The number of benzene rings is 1. The fraction of sp³-hybridized carbons (Fsp3) is 0.333. The van der Waals surface area contributed by atoms with E-state index >= 15 is 0 Å². The molecule has 98 valence electrons. The third-order valence-corrected chi connectivity index (χ3v) is 3.30. The number of nitrogens with zero attached hydrogens (tertiary/aromatic N) is 3. The number of hydrogen-bond acceptors (Lipinski definition) is 4. The summed E-state index contributed by atoms with van der Waals surface area (Å²) in [4.78, 5) is 10.9. The summed E-state index contributed by atoms with van der Waals surface area (Å²) in [7, 11) is 0. The van der Waals surface area contributed by atoms with Crippen LogP contribution in [0.25, 0.3) is 11.3 Å². The van der Waals surface area contributed by atoms with Gasteiger partial charge < -0.3 is 4.74 Å². The molecule has 0 amide bonds. The summed E-state index contributed by atoms with van der Waals surface area (Å²) in [5.41, 5.74) is 3.36. The summed E-state index contributed by atoms with van der Waals surface area (Å²) in [6.45, 7) is 4.66. The smallest absolute Gasteiger partial charge is 0.0885 e. The topological polar surface area (TPSA) is 38.2 Å². The normalized spacial score (nSPS) is 16.4. The van der Waals surface area contributed by atoms with Gasteiger partial charge in [0.05, 0.1) is 25.1 Å². The number of ether oxygens (including phenoxy) is 1. The highest BCUT2D eigenvalue weighted by Gasteiger charge is 2.11. The Bertz CT molecular complexity index is 524. The zero-order valence-electron chi connectivity index (χ0n) is 10.8. The van der Waals surface area contributed by atoms with E-state index in [1.54, 1.807) is 18.6 Å². The van der Waals surface area contributed by atoms with E-state index in [0.717, 1.165) is 44.1 Å². The van der Waals surface area contributed by atoms with Crippen molar-refractivity contribution in [3.8, 4) is 11.3 Å². The van der Waals surface area contributed by atoms with Gasteiger partial charge in [-0.2, -0.15) is 0 Å². The highest BCUT2D eigenvalue weighted by Crippen LogP contribution is 2.18. The molecule has 2 heterocycles. The van der Waals surface area contributed by atoms with Crippen LogP contribution in [0.3, 0.4) is 0 Å². The number of aromatic nitrogens is 2. The van der Waals surface area contributed by atoms with Gasteiger partial charge in [0.25, 0.3) is 0 Å². The maximum absolute atomic E-state index is 5.37. The lowest BCUT2D eigenvalue weighted by molar-refractivity contribution is 0.0342. The van der Waals surface area contributed by atoms with Gasteiger partial charge in [0.15, 0.2) is 0 Å². The van der Waals surface area contributed by atoms with Crippen LogP contribution in [0.4, 0.5) is 0 Å². The molecule has 0 N–H and O–H groups in total. The SMILES string of the molecule is c1cc(CN2CCOCC2)cc(-c2cnccn2)c1. The van der Waals surface area contributed by atoms with Crippen molar-refractivity contribution in [1.82, 2.24) is 14.9 Å². The Morgan fingerprint density at radius 2 is 2.05 bits per heavy atom. The molecule has 1 aliphatic rings. The van der Waals surface area contributed by atoms with Gasteiger partial charge in [-0.15, -0.1) is 0 Å². The maximum Gasteiger partial charge on any atom is 0.0885 e. The molecule has 1 fully saturated rings. The molecule has 4 nitrogen and oxygen atoms in total. The summed E-state index contributed by atoms with van der Waals surface area (Å²) in [6.07, 6.45) is 5.22. The molecular weight excluding hydrogens is 238 g/mol. The quantitative estimate of drug-likeness (QED) is 0.840. The fourth-order valence-corrected chi connectivity index (χ4v) is 2.29. The lowest BCUT2D eigenvalue weighted by Gasteiger charge is -2.26. The van der Waals surface area contributed by atoms with Gasteiger partial charge in [0, 0.05) is 37.6 Å². The van der Waals surface area contributed by atoms with Crippen LogP contribution < -0.4 is 0 Å². The molecule has 0 aliphatic carbocycles. The van der Waals surface area contributed by atoms with Crippen molar-refractivity contribution < 1.29 is 4.74 Å². The molecule has 0 spiro atoms. The predicted octanol–water partition coefficient (Wildman–Crippen LogP) is 1.98. The summed E-state index contributed by atoms with van der Waals surface area (Å²) >= 11 is 0. The van der Waals surface area contributed by atoms with Gasteiger partial charge in [-0.1, -0.05) is 18.2 Å². The minimum absolute atomic E-state index is 0.837. The Hall–Kier alpha value is -1.78. The molecule has 0 bridgehead atoms. The molecule has 0 radical (unpaired) electrons. The van der Waals surface area contributed by atoms with Crippen LogP contribution in [-0.4, -0.2) is 41.2 Å². The van der Waals surface area contributed by atoms with Crippen molar-refractivity contribution in [2.45, 2.75) is 6.54 Å². The van der Waals surface area contributed by atoms with E-state index in [2.05, 4.69) is 39.1 Å². The predicted molar refractivity (Wildman–Crippen MR) is 73.6 cm³/mol. The van der Waals surface area contributed by atoms with E-state index in [1.807, 2.05) is 0 Å². The second kappa shape index (κ2) is 5.91. The number of morpholine rings is 1. The number of hydrogen-bond donors (Lipinski definition) is 0. The lowest BCUT2D eigenvalue weighted by atomic mass is 10.1. The first-order chi connectivity index (χ1) is 9.42. The molecular formula is C15H17N3O. The van der Waals surface area contributed by atoms with Crippen LogP contribution >= 0.6 is 0 Å². The monoisotopic (exact) mass is 255 g/mol. The largest absolute Gasteiger partial charge is 0.379 e. The van der Waals surface area contributed by atoms with Crippen LogP contribution in [0, 0.1) is 0 Å². The zero-order chi connectivity index (χ0) is 12.9. The first-order valence-electron chi connectivity index (χ1n) is 6.57. The van der Waals surface area contributed by atoms with Gasteiger partial charge in [0.1, 0.15) is 0 Å². The van der Waals surface area contributed by atoms with Crippen LogP contribution in [0.2, 0.25) is 0 Å². The average molecular weight is 255 g/mol. The summed E-state index contributed by atoms with van der Waals surface area (Å²) < 4.78 is 5.37. The molecule has 1 aromatic heterocycles. The third-order valence-electron chi connectivity index (χ3n) is 3.30. The van der Waals surface area contributed by atoms with Crippen molar-refractivity contribution in [2.75, 3.05) is 26.3 Å². The molecule has 4 heteroatoms. The minimum Gasteiger partial charge on any atom is -0.379 e. The molecule has 0 unspecified atom stereocenters. The standard InChI is InChI=1S/C15H17N3O/c1-2-13(12-18-6-8-19-9-7-18)10-14(3-1)15-11-16-4-5-17-15/h1-5,10-11H,6-9,12H2. The van der Waals surface area contributed by atoms with Gasteiger partial charge in [0.2, 0.25) is 0 Å². The summed E-state index contributed by atoms with van der Waals surface area (Å²) in [6, 6.07) is 8.52. The van der Waals surface area contributed by atoms with E-state index in [9.17, 15) is 0 Å². The highest BCUT2D eigenvalue weighted by atomic mass is 16.5.